The second-order valence-corrected chi connectivity index (χ2v) is 25.3. The van der Waals surface area contributed by atoms with E-state index in [0.29, 0.717) is 40.2 Å². The summed E-state index contributed by atoms with van der Waals surface area (Å²) in [5.41, 5.74) is 9.29. The molecule has 5 rings (SSSR count). The quantitative estimate of drug-likeness (QED) is 0.0231. The highest BCUT2D eigenvalue weighted by atomic mass is 127. The number of alkyl halides is 1. The van der Waals surface area contributed by atoms with E-state index >= 15 is 0 Å². The van der Waals surface area contributed by atoms with E-state index in [1.165, 1.54) is 45.1 Å². The molecular formula is C68H106IN7O10S2. The molecule has 1 N–H and O–H groups in total. The number of carbonyl (C=O) groups is 2. The van der Waals surface area contributed by atoms with Crippen LogP contribution in [0.25, 0.3) is 0 Å². The molecule has 0 heterocycles. The molecule has 0 aliphatic heterocycles. The van der Waals surface area contributed by atoms with Crippen molar-refractivity contribution >= 4 is 65.7 Å². The minimum Gasteiger partial charge on any atom is -0.497 e. The molecule has 0 saturated carbocycles. The number of halogens is 1. The first-order chi connectivity index (χ1) is 42.0. The van der Waals surface area contributed by atoms with E-state index in [1.54, 1.807) is 78.1 Å². The van der Waals surface area contributed by atoms with E-state index in [-0.39, 0.29) is 61.0 Å². The number of rotatable bonds is 35. The summed E-state index contributed by atoms with van der Waals surface area (Å²) < 4.78 is 76.4. The molecule has 0 radical (unpaired) electrons. The van der Waals surface area contributed by atoms with Crippen molar-refractivity contribution in [1.29, 1.82) is 0 Å². The lowest BCUT2D eigenvalue weighted by Gasteiger charge is -2.21. The molecule has 0 unspecified atom stereocenters. The summed E-state index contributed by atoms with van der Waals surface area (Å²) in [5, 5.41) is 3.17. The van der Waals surface area contributed by atoms with Crippen molar-refractivity contribution in [2.45, 2.75) is 105 Å². The van der Waals surface area contributed by atoms with Gasteiger partial charge in [-0.25, -0.2) is 16.8 Å². The average molecular weight is 1370 g/mol. The second-order valence-electron chi connectivity index (χ2n) is 21.4. The highest BCUT2D eigenvalue weighted by Crippen LogP contribution is 2.29. The smallest absolute Gasteiger partial charge is 0.252 e. The standard InChI is InChI=1S/C27H41N3O5S.C27H40N2O5S.C13H22N2.CH3I/c1-8-30(9-2)14-13-23-11-10-12-24(19-23)29(6)26(31)20-35-16-15-28(5)36(32,33)27-21(3)17-25(34-7)18-22(27)4;1-7-29(8-2)13-12-23-10-9-11-24(18-23)19-25(30)20-34-15-14-28(5)35(31,32)27-21(3)16-26(33-6)17-22(27)4;1-4-15(5-2)10-9-12-7-6-8-13(11-12)14-3;1-2/h10-12,17-19H,8-9,13-16,20H2,1-7H3;9-11,16-18H,7-8,12-15,19-20H2,1-6H3;6-8,11,14H,4-5,9-10H2,1-3H3;1H3. The summed E-state index contributed by atoms with van der Waals surface area (Å²) in [7, 11) is 2.43. The SMILES string of the molecule is CCN(CC)CCc1cccc(CC(=O)COCCN(C)S(=O)(=O)c2c(C)cc(OC)cc2C)c1.CCN(CC)CCc1cccc(N(C)C(=O)COCCN(C)S(=O)(=O)c2c(C)cc(OC)cc2C)c1.CCN(CC)CCc1cccc(NC)c1.CI. The van der Waals surface area contributed by atoms with Crippen LogP contribution in [0.5, 0.6) is 11.5 Å². The van der Waals surface area contributed by atoms with E-state index in [9.17, 15) is 26.4 Å². The van der Waals surface area contributed by atoms with Crippen LogP contribution in [0.15, 0.2) is 107 Å². The Balaban J connectivity index is 0.000000477. The largest absolute Gasteiger partial charge is 0.497 e. The van der Waals surface area contributed by atoms with Gasteiger partial charge >= 0.3 is 0 Å². The zero-order chi connectivity index (χ0) is 66.0. The minimum absolute atomic E-state index is 0.0294. The second kappa shape index (κ2) is 42.1. The van der Waals surface area contributed by atoms with Crippen molar-refractivity contribution in [2.24, 2.45) is 0 Å². The summed E-state index contributed by atoms with van der Waals surface area (Å²) in [6.45, 7) is 29.9. The number of hydrogen-bond acceptors (Lipinski definition) is 14. The van der Waals surface area contributed by atoms with Crippen molar-refractivity contribution in [2.75, 3.05) is 156 Å². The zero-order valence-corrected chi connectivity index (χ0v) is 59.9. The summed E-state index contributed by atoms with van der Waals surface area (Å²) in [6, 6.07) is 31.6. The first kappa shape index (κ1) is 79.1. The van der Waals surface area contributed by atoms with Crippen LogP contribution in [-0.4, -0.2) is 198 Å². The predicted molar refractivity (Wildman–Crippen MR) is 372 cm³/mol. The third-order valence-electron chi connectivity index (χ3n) is 15.4. The average Bonchev–Trinajstić information content (AvgIpc) is 1.36. The van der Waals surface area contributed by atoms with Crippen LogP contribution in [-0.2, 0) is 64.8 Å². The lowest BCUT2D eigenvalue weighted by Crippen LogP contribution is -2.34. The number of ether oxygens (including phenoxy) is 4. The number of likely N-dealkylation sites (N-methyl/N-ethyl adjacent to an activating group) is 6. The normalized spacial score (nSPS) is 11.4. The highest BCUT2D eigenvalue weighted by Gasteiger charge is 2.27. The fraction of sp³-hybridized carbons (Fsp3) is 0.529. The van der Waals surface area contributed by atoms with Crippen LogP contribution in [0.2, 0.25) is 0 Å². The molecule has 5 aromatic carbocycles. The summed E-state index contributed by atoms with van der Waals surface area (Å²) >= 11 is 2.15. The minimum atomic E-state index is -3.71. The molecule has 0 bridgehead atoms. The number of hydrogen-bond donors (Lipinski definition) is 1. The van der Waals surface area contributed by atoms with E-state index < -0.39 is 20.0 Å². The number of Topliss-reactive ketones (excluding diaryl/α,β-unsaturated/α-hetero) is 1. The maximum atomic E-state index is 13.1. The van der Waals surface area contributed by atoms with Gasteiger partial charge in [0.2, 0.25) is 20.0 Å². The van der Waals surface area contributed by atoms with Gasteiger partial charge in [-0.05, 0) is 184 Å². The van der Waals surface area contributed by atoms with E-state index in [1.807, 2.05) is 42.3 Å². The van der Waals surface area contributed by atoms with Gasteiger partial charge in [-0.2, -0.15) is 8.61 Å². The van der Waals surface area contributed by atoms with Crippen LogP contribution in [0.4, 0.5) is 11.4 Å². The van der Waals surface area contributed by atoms with Gasteiger partial charge in [-0.15, -0.1) is 0 Å². The van der Waals surface area contributed by atoms with Gasteiger partial charge in [-0.3, -0.25) is 9.59 Å². The first-order valence-electron chi connectivity index (χ1n) is 30.6. The summed E-state index contributed by atoms with van der Waals surface area (Å²) in [6.07, 6.45) is 3.31. The lowest BCUT2D eigenvalue weighted by molar-refractivity contribution is -0.123. The number of nitrogens with zero attached hydrogens (tertiary/aromatic N) is 6. The van der Waals surface area contributed by atoms with Gasteiger partial charge in [0.15, 0.2) is 5.78 Å². The van der Waals surface area contributed by atoms with Crippen LogP contribution in [0.3, 0.4) is 0 Å². The van der Waals surface area contributed by atoms with Gasteiger partial charge < -0.3 is 43.9 Å². The van der Waals surface area contributed by atoms with Gasteiger partial charge in [-0.1, -0.05) is 113 Å². The molecule has 492 valence electrons. The molecule has 0 saturated heterocycles. The van der Waals surface area contributed by atoms with Crippen LogP contribution < -0.4 is 19.7 Å². The molecule has 1 amide bonds. The molecule has 88 heavy (non-hydrogen) atoms. The van der Waals surface area contributed by atoms with E-state index in [4.69, 9.17) is 18.9 Å². The third kappa shape index (κ3) is 26.4. The number of nitrogens with one attached hydrogen (secondary N) is 1. The molecule has 17 nitrogen and oxygen atoms in total. The van der Waals surface area contributed by atoms with E-state index in [2.05, 4.69) is 127 Å². The van der Waals surface area contributed by atoms with Crippen LogP contribution >= 0.6 is 22.6 Å². The molecule has 0 aliphatic carbocycles. The molecule has 0 aliphatic rings. The Bertz CT molecular complexity index is 3040. The fourth-order valence-electron chi connectivity index (χ4n) is 9.85. The Hall–Kier alpha value is -5.01. The number of ketones is 1. The van der Waals surface area contributed by atoms with Crippen molar-refractivity contribution < 1.29 is 45.4 Å². The Morgan fingerprint density at radius 1 is 0.489 bits per heavy atom. The number of carbonyl (C=O) groups excluding carboxylic acids is 2. The van der Waals surface area contributed by atoms with Gasteiger partial charge in [0, 0.05) is 78.7 Å². The monoisotopic (exact) mass is 1370 g/mol. The maximum absolute atomic E-state index is 13.1. The zero-order valence-electron chi connectivity index (χ0n) is 56.1. The Kier molecular flexibility index (Phi) is 37.9. The molecule has 20 heteroatoms. The molecule has 0 spiro atoms. The third-order valence-corrected chi connectivity index (χ3v) is 19.7. The number of anilines is 2. The number of benzene rings is 5. The van der Waals surface area contributed by atoms with Crippen molar-refractivity contribution in [3.63, 3.8) is 0 Å². The topological polar surface area (TPSA) is 171 Å². The molecule has 0 aromatic heterocycles. The predicted octanol–water partition coefficient (Wildman–Crippen LogP) is 10.8. The molecule has 0 fully saturated rings. The first-order valence-corrected chi connectivity index (χ1v) is 35.7. The number of sulfonamides is 2. The number of aryl methyl sites for hydroxylation is 4. The van der Waals surface area contributed by atoms with Crippen LogP contribution in [0.1, 0.15) is 86.1 Å². The highest BCUT2D eigenvalue weighted by molar-refractivity contribution is 14.1. The fourth-order valence-corrected chi connectivity index (χ4v) is 13.0. The molecule has 0 atom stereocenters. The molecular weight excluding hydrogens is 1270 g/mol. The van der Waals surface area contributed by atoms with Gasteiger partial charge in [0.1, 0.15) is 24.7 Å². The van der Waals surface area contributed by atoms with Crippen LogP contribution in [0, 0.1) is 27.7 Å². The Labute approximate surface area is 544 Å². The number of amides is 1. The Morgan fingerprint density at radius 3 is 1.25 bits per heavy atom. The van der Waals surface area contributed by atoms with Gasteiger partial charge in [0.25, 0.3) is 5.91 Å². The van der Waals surface area contributed by atoms with E-state index in [0.717, 1.165) is 89.4 Å². The maximum Gasteiger partial charge on any atom is 0.252 e. The summed E-state index contributed by atoms with van der Waals surface area (Å²) in [5.74, 6) is 1.02. The van der Waals surface area contributed by atoms with Crippen molar-refractivity contribution in [1.82, 2.24) is 23.3 Å². The summed E-state index contributed by atoms with van der Waals surface area (Å²) in [4.78, 5) is 36.4. The van der Waals surface area contributed by atoms with Gasteiger partial charge in [0.05, 0.1) is 37.2 Å². The Morgan fingerprint density at radius 2 is 0.852 bits per heavy atom. The number of methoxy groups -OCH3 is 2. The van der Waals surface area contributed by atoms with Crippen molar-refractivity contribution in [3.8, 4) is 11.5 Å². The molecule has 5 aromatic rings. The lowest BCUT2D eigenvalue weighted by atomic mass is 10.0. The van der Waals surface area contributed by atoms with Crippen molar-refractivity contribution in [3.05, 3.63) is 142 Å².